The van der Waals surface area contributed by atoms with E-state index in [1.54, 1.807) is 6.07 Å². The number of nitrogens with zero attached hydrogens (tertiary/aromatic N) is 2. The van der Waals surface area contributed by atoms with Crippen molar-refractivity contribution in [3.8, 4) is 5.75 Å². The molecule has 2 atom stereocenters. The maximum atomic E-state index is 13.1. The summed E-state index contributed by atoms with van der Waals surface area (Å²) in [6, 6.07) is 4.60. The number of oxime groups is 1. The van der Waals surface area contributed by atoms with E-state index >= 15 is 0 Å². The molecule has 1 aromatic rings. The molecule has 2 unspecified atom stereocenters. The fourth-order valence-corrected chi connectivity index (χ4v) is 2.47. The standard InChI is InChI=1S/C14H20FN3O2/c1-9(14(16)17-19)7-18(2)8-12-6-10-5-11(15)3-4-13(10)20-12/h3-5,9,12,19H,6-8H2,1-2H3,(H2,16,17). The first-order valence-corrected chi connectivity index (χ1v) is 6.60. The monoisotopic (exact) mass is 281 g/mol. The molecular weight excluding hydrogens is 261 g/mol. The van der Waals surface area contributed by atoms with Crippen LogP contribution in [-0.4, -0.2) is 42.2 Å². The van der Waals surface area contributed by atoms with E-state index in [0.29, 0.717) is 19.5 Å². The summed E-state index contributed by atoms with van der Waals surface area (Å²) in [5.74, 6) is 0.706. The molecule has 20 heavy (non-hydrogen) atoms. The molecule has 1 aromatic carbocycles. The number of hydrogen-bond acceptors (Lipinski definition) is 4. The molecule has 0 radical (unpaired) electrons. The zero-order valence-electron chi connectivity index (χ0n) is 11.7. The molecule has 0 fully saturated rings. The smallest absolute Gasteiger partial charge is 0.143 e. The maximum absolute atomic E-state index is 13.1. The topological polar surface area (TPSA) is 71.1 Å². The van der Waals surface area contributed by atoms with Gasteiger partial charge in [-0.05, 0) is 25.2 Å². The third-order valence-corrected chi connectivity index (χ3v) is 3.48. The molecule has 3 N–H and O–H groups in total. The molecular formula is C14H20FN3O2. The van der Waals surface area contributed by atoms with Gasteiger partial charge in [0.05, 0.1) is 0 Å². The van der Waals surface area contributed by atoms with Crippen LogP contribution < -0.4 is 10.5 Å². The first-order valence-electron chi connectivity index (χ1n) is 6.60. The number of rotatable bonds is 5. The lowest BCUT2D eigenvalue weighted by molar-refractivity contribution is 0.164. The van der Waals surface area contributed by atoms with Gasteiger partial charge in [0.15, 0.2) is 0 Å². The van der Waals surface area contributed by atoms with Crippen molar-refractivity contribution in [3.63, 3.8) is 0 Å². The number of likely N-dealkylation sites (N-methyl/N-ethyl adjacent to an activating group) is 1. The normalized spacial score (nSPS) is 19.8. The van der Waals surface area contributed by atoms with Crippen molar-refractivity contribution in [1.82, 2.24) is 4.90 Å². The molecule has 0 amide bonds. The second-order valence-electron chi connectivity index (χ2n) is 5.34. The number of nitrogens with two attached hydrogens (primary N) is 1. The van der Waals surface area contributed by atoms with Gasteiger partial charge in [-0.25, -0.2) is 4.39 Å². The predicted octanol–water partition coefficient (Wildman–Crippen LogP) is 1.44. The predicted molar refractivity (Wildman–Crippen MR) is 74.6 cm³/mol. The summed E-state index contributed by atoms with van der Waals surface area (Å²) in [4.78, 5) is 2.07. The van der Waals surface area contributed by atoms with Gasteiger partial charge < -0.3 is 20.6 Å². The van der Waals surface area contributed by atoms with E-state index in [1.807, 2.05) is 14.0 Å². The number of ether oxygens (including phenoxy) is 1. The SMILES string of the molecule is CC(CN(C)CC1Cc2cc(F)ccc2O1)C(N)=NO. The fourth-order valence-electron chi connectivity index (χ4n) is 2.47. The van der Waals surface area contributed by atoms with Crippen molar-refractivity contribution in [1.29, 1.82) is 0 Å². The van der Waals surface area contributed by atoms with Crippen molar-refractivity contribution in [2.75, 3.05) is 20.1 Å². The average molecular weight is 281 g/mol. The number of fused-ring (bicyclic) bond motifs is 1. The highest BCUT2D eigenvalue weighted by atomic mass is 19.1. The van der Waals surface area contributed by atoms with Crippen molar-refractivity contribution in [2.24, 2.45) is 16.8 Å². The largest absolute Gasteiger partial charge is 0.488 e. The lowest BCUT2D eigenvalue weighted by atomic mass is 10.1. The van der Waals surface area contributed by atoms with Gasteiger partial charge in [-0.1, -0.05) is 12.1 Å². The summed E-state index contributed by atoms with van der Waals surface area (Å²) < 4.78 is 18.9. The Bertz CT molecular complexity index is 507. The summed E-state index contributed by atoms with van der Waals surface area (Å²) in [5, 5.41) is 11.6. The Labute approximate surface area is 117 Å². The van der Waals surface area contributed by atoms with E-state index in [0.717, 1.165) is 11.3 Å². The Morgan fingerprint density at radius 1 is 1.65 bits per heavy atom. The van der Waals surface area contributed by atoms with E-state index in [1.165, 1.54) is 12.1 Å². The van der Waals surface area contributed by atoms with Gasteiger partial charge in [0.25, 0.3) is 0 Å². The Morgan fingerprint density at radius 3 is 3.10 bits per heavy atom. The summed E-state index contributed by atoms with van der Waals surface area (Å²) in [6.45, 7) is 3.27. The first kappa shape index (κ1) is 14.6. The highest BCUT2D eigenvalue weighted by Crippen LogP contribution is 2.29. The summed E-state index contributed by atoms with van der Waals surface area (Å²) in [6.07, 6.45) is 0.714. The highest BCUT2D eigenvalue weighted by molar-refractivity contribution is 5.82. The third kappa shape index (κ3) is 3.39. The van der Waals surface area contributed by atoms with E-state index < -0.39 is 0 Å². The Kier molecular flexibility index (Phi) is 4.44. The molecule has 2 rings (SSSR count). The quantitative estimate of drug-likeness (QED) is 0.371. The van der Waals surface area contributed by atoms with E-state index in [4.69, 9.17) is 15.7 Å². The van der Waals surface area contributed by atoms with E-state index in [2.05, 4.69) is 10.1 Å². The molecule has 110 valence electrons. The van der Waals surface area contributed by atoms with Crippen molar-refractivity contribution >= 4 is 5.84 Å². The van der Waals surface area contributed by atoms with Crippen LogP contribution in [0, 0.1) is 11.7 Å². The minimum Gasteiger partial charge on any atom is -0.488 e. The van der Waals surface area contributed by atoms with E-state index in [-0.39, 0.29) is 23.7 Å². The van der Waals surface area contributed by atoms with Gasteiger partial charge in [-0.3, -0.25) is 0 Å². The minimum absolute atomic E-state index is 0.0105. The second kappa shape index (κ2) is 6.09. The Morgan fingerprint density at radius 2 is 2.40 bits per heavy atom. The van der Waals surface area contributed by atoms with Crippen LogP contribution in [0.15, 0.2) is 23.4 Å². The molecule has 0 saturated heterocycles. The molecule has 0 aliphatic carbocycles. The number of benzene rings is 1. The van der Waals surface area contributed by atoms with Crippen LogP contribution in [0.3, 0.4) is 0 Å². The number of amidine groups is 1. The highest BCUT2D eigenvalue weighted by Gasteiger charge is 2.25. The van der Waals surface area contributed by atoms with Gasteiger partial charge in [0.1, 0.15) is 23.5 Å². The Balaban J connectivity index is 1.87. The van der Waals surface area contributed by atoms with Gasteiger partial charge in [-0.2, -0.15) is 0 Å². The molecule has 1 heterocycles. The Hall–Kier alpha value is -1.82. The van der Waals surface area contributed by atoms with Crippen molar-refractivity contribution < 1.29 is 14.3 Å². The van der Waals surface area contributed by atoms with Crippen LogP contribution in [0.4, 0.5) is 4.39 Å². The fraction of sp³-hybridized carbons (Fsp3) is 0.500. The van der Waals surface area contributed by atoms with Crippen molar-refractivity contribution in [2.45, 2.75) is 19.4 Å². The molecule has 6 heteroatoms. The van der Waals surface area contributed by atoms with E-state index in [9.17, 15) is 4.39 Å². The second-order valence-corrected chi connectivity index (χ2v) is 5.34. The lowest BCUT2D eigenvalue weighted by Gasteiger charge is -2.23. The zero-order valence-corrected chi connectivity index (χ0v) is 11.7. The third-order valence-electron chi connectivity index (χ3n) is 3.48. The van der Waals surface area contributed by atoms with Crippen LogP contribution in [0.25, 0.3) is 0 Å². The average Bonchev–Trinajstić information content (AvgIpc) is 2.78. The molecule has 0 aromatic heterocycles. The van der Waals surface area contributed by atoms with Crippen molar-refractivity contribution in [3.05, 3.63) is 29.6 Å². The minimum atomic E-state index is -0.234. The lowest BCUT2D eigenvalue weighted by Crippen LogP contribution is -2.38. The summed E-state index contributed by atoms with van der Waals surface area (Å²) in [5.41, 5.74) is 6.47. The van der Waals surface area contributed by atoms with Crippen LogP contribution in [-0.2, 0) is 6.42 Å². The van der Waals surface area contributed by atoms with Gasteiger partial charge in [0.2, 0.25) is 0 Å². The molecule has 0 spiro atoms. The molecule has 1 aliphatic heterocycles. The van der Waals surface area contributed by atoms with Gasteiger partial charge in [0, 0.05) is 31.0 Å². The number of hydrogen-bond donors (Lipinski definition) is 2. The summed E-state index contributed by atoms with van der Waals surface area (Å²) >= 11 is 0. The van der Waals surface area contributed by atoms with Crippen LogP contribution >= 0.6 is 0 Å². The van der Waals surface area contributed by atoms with Crippen LogP contribution in [0.5, 0.6) is 5.75 Å². The molecule has 0 saturated carbocycles. The zero-order chi connectivity index (χ0) is 14.7. The molecule has 0 bridgehead atoms. The van der Waals surface area contributed by atoms with Gasteiger partial charge >= 0.3 is 0 Å². The number of halogens is 1. The van der Waals surface area contributed by atoms with Gasteiger partial charge in [-0.15, -0.1) is 0 Å². The molecule has 5 nitrogen and oxygen atoms in total. The summed E-state index contributed by atoms with van der Waals surface area (Å²) in [7, 11) is 1.95. The maximum Gasteiger partial charge on any atom is 0.143 e. The first-order chi connectivity index (χ1) is 9.49. The van der Waals surface area contributed by atoms with Crippen LogP contribution in [0.2, 0.25) is 0 Å². The molecule has 1 aliphatic rings. The van der Waals surface area contributed by atoms with Crippen LogP contribution in [0.1, 0.15) is 12.5 Å².